The van der Waals surface area contributed by atoms with Gasteiger partial charge in [-0.15, -0.1) is 0 Å². The van der Waals surface area contributed by atoms with Crippen LogP contribution in [0.1, 0.15) is 110 Å². The van der Waals surface area contributed by atoms with E-state index in [1.165, 1.54) is 70.6 Å². The minimum Gasteiger partial charge on any atom is -0.481 e. The quantitative estimate of drug-likeness (QED) is 0.101. The van der Waals surface area contributed by atoms with E-state index in [1.807, 2.05) is 0 Å². The van der Waals surface area contributed by atoms with Gasteiger partial charge in [0, 0.05) is 13.0 Å². The number of carboxylic acids is 2. The van der Waals surface area contributed by atoms with E-state index in [4.69, 9.17) is 27.1 Å². The molecule has 30 heavy (non-hydrogen) atoms. The molecule has 0 radical (unpaired) electrons. The first kappa shape index (κ1) is 30.4. The molecule has 0 aromatic heterocycles. The first-order valence-corrected chi connectivity index (χ1v) is 11.6. The van der Waals surface area contributed by atoms with Crippen molar-refractivity contribution in [1.29, 1.82) is 5.41 Å². The normalized spacial score (nSPS) is 11.3. The van der Waals surface area contributed by atoms with E-state index in [2.05, 4.69) is 12.2 Å². The Bertz CT molecular complexity index is 433. The van der Waals surface area contributed by atoms with E-state index >= 15 is 0 Å². The van der Waals surface area contributed by atoms with Gasteiger partial charge in [-0.1, -0.05) is 84.0 Å². The van der Waals surface area contributed by atoms with Crippen LogP contribution in [0.15, 0.2) is 0 Å². The van der Waals surface area contributed by atoms with Gasteiger partial charge in [0.1, 0.15) is 6.04 Å². The van der Waals surface area contributed by atoms with Gasteiger partial charge in [0.25, 0.3) is 0 Å². The second-order valence-corrected chi connectivity index (χ2v) is 7.81. The zero-order chi connectivity index (χ0) is 23.0. The summed E-state index contributed by atoms with van der Waals surface area (Å²) in [6.45, 7) is 2.74. The number of guanidine groups is 1. The maximum Gasteiger partial charge on any atom is 0.320 e. The molecule has 1 unspecified atom stereocenters. The molecule has 0 amide bonds. The average molecular weight is 431 g/mol. The van der Waals surface area contributed by atoms with E-state index in [9.17, 15) is 9.59 Å². The van der Waals surface area contributed by atoms with Crippen LogP contribution in [-0.2, 0) is 9.59 Å². The van der Waals surface area contributed by atoms with Crippen LogP contribution in [0, 0.1) is 5.41 Å². The summed E-state index contributed by atoms with van der Waals surface area (Å²) in [5.74, 6) is -1.77. The van der Waals surface area contributed by atoms with E-state index in [0.717, 1.165) is 12.8 Å². The predicted molar refractivity (Wildman–Crippen MR) is 123 cm³/mol. The maximum absolute atomic E-state index is 10.3. The van der Waals surface area contributed by atoms with Gasteiger partial charge in [0.05, 0.1) is 0 Å². The second kappa shape index (κ2) is 23.4. The van der Waals surface area contributed by atoms with Crippen LogP contribution in [0.3, 0.4) is 0 Å². The summed E-state index contributed by atoms with van der Waals surface area (Å²) in [4.78, 5) is 20.5. The standard InChI is InChI=1S/C16H32O2.C6H14N4O2/c1-2-3-4-5-6-7-8-9-10-11-12-13-14-15-16(17)18;7-4(5(11)12)2-1-3-10-6(8)9/h2-15H2,1H3,(H,17,18);4H,1-3,7H2,(H,11,12)(H4,8,9,10). The molecule has 0 bridgehead atoms. The van der Waals surface area contributed by atoms with Crippen LogP contribution < -0.4 is 16.8 Å². The van der Waals surface area contributed by atoms with Crippen molar-refractivity contribution in [2.24, 2.45) is 11.5 Å². The highest BCUT2D eigenvalue weighted by Crippen LogP contribution is 2.12. The van der Waals surface area contributed by atoms with Crippen LogP contribution in [-0.4, -0.2) is 40.7 Å². The Labute approximate surface area is 182 Å². The minimum atomic E-state index is -1.00. The van der Waals surface area contributed by atoms with Gasteiger partial charge in [0.2, 0.25) is 0 Å². The van der Waals surface area contributed by atoms with E-state index < -0.39 is 18.0 Å². The number of unbranched alkanes of at least 4 members (excludes halogenated alkanes) is 12. The lowest BCUT2D eigenvalue weighted by Gasteiger charge is -2.06. The molecule has 8 heteroatoms. The van der Waals surface area contributed by atoms with Crippen LogP contribution in [0.25, 0.3) is 0 Å². The minimum absolute atomic E-state index is 0.112. The van der Waals surface area contributed by atoms with Crippen molar-refractivity contribution < 1.29 is 19.8 Å². The Hall–Kier alpha value is -1.83. The molecule has 0 saturated heterocycles. The molecule has 0 aliphatic rings. The average Bonchev–Trinajstić information content (AvgIpc) is 2.68. The van der Waals surface area contributed by atoms with Gasteiger partial charge in [-0.2, -0.15) is 0 Å². The number of rotatable bonds is 19. The number of carboxylic acid groups (broad SMARTS) is 2. The highest BCUT2D eigenvalue weighted by atomic mass is 16.4. The van der Waals surface area contributed by atoms with Gasteiger partial charge < -0.3 is 27.0 Å². The van der Waals surface area contributed by atoms with Crippen LogP contribution in [0.4, 0.5) is 0 Å². The predicted octanol–water partition coefficient (Wildman–Crippen LogP) is 4.21. The fourth-order valence-corrected chi connectivity index (χ4v) is 2.96. The van der Waals surface area contributed by atoms with Crippen molar-refractivity contribution in [3.63, 3.8) is 0 Å². The van der Waals surface area contributed by atoms with Crippen molar-refractivity contribution in [2.45, 2.75) is 116 Å². The van der Waals surface area contributed by atoms with Gasteiger partial charge in [0.15, 0.2) is 5.96 Å². The number of nitrogens with two attached hydrogens (primary N) is 2. The molecule has 0 spiro atoms. The molecule has 178 valence electrons. The fraction of sp³-hybridized carbons (Fsp3) is 0.864. The summed E-state index contributed by atoms with van der Waals surface area (Å²) >= 11 is 0. The molecule has 8 nitrogen and oxygen atoms in total. The Morgan fingerprint density at radius 2 is 1.27 bits per heavy atom. The summed E-state index contributed by atoms with van der Waals surface area (Å²) in [5.41, 5.74) is 10.2. The molecule has 0 saturated carbocycles. The largest absolute Gasteiger partial charge is 0.481 e. The monoisotopic (exact) mass is 430 g/mol. The van der Waals surface area contributed by atoms with E-state index in [1.54, 1.807) is 0 Å². The van der Waals surface area contributed by atoms with Crippen LogP contribution >= 0.6 is 0 Å². The Morgan fingerprint density at radius 1 is 0.833 bits per heavy atom. The molecule has 0 fully saturated rings. The molecule has 0 aliphatic heterocycles. The number of aliphatic carboxylic acids is 2. The lowest BCUT2D eigenvalue weighted by Crippen LogP contribution is -2.34. The van der Waals surface area contributed by atoms with E-state index in [-0.39, 0.29) is 5.96 Å². The third kappa shape index (κ3) is 28.4. The molecule has 1 atom stereocenters. The van der Waals surface area contributed by atoms with Crippen LogP contribution in [0.5, 0.6) is 0 Å². The number of nitrogens with one attached hydrogen (secondary N) is 2. The summed E-state index contributed by atoms with van der Waals surface area (Å²) in [6, 6.07) is -0.821. The second-order valence-electron chi connectivity index (χ2n) is 7.81. The van der Waals surface area contributed by atoms with Crippen LogP contribution in [0.2, 0.25) is 0 Å². The Kier molecular flexibility index (Phi) is 23.7. The van der Waals surface area contributed by atoms with Crippen molar-refractivity contribution in [3.05, 3.63) is 0 Å². The van der Waals surface area contributed by atoms with Crippen molar-refractivity contribution in [1.82, 2.24) is 5.32 Å². The SMILES string of the molecule is CCCCCCCCCCCCCCCC(=O)O.N=C(N)NCCCC(N)C(=O)O. The van der Waals surface area contributed by atoms with Crippen molar-refractivity contribution in [3.8, 4) is 0 Å². The summed E-state index contributed by atoms with van der Waals surface area (Å²) < 4.78 is 0. The first-order valence-electron chi connectivity index (χ1n) is 11.6. The number of carbonyl (C=O) groups is 2. The first-order chi connectivity index (χ1) is 14.3. The molecule has 0 aromatic rings. The van der Waals surface area contributed by atoms with Gasteiger partial charge >= 0.3 is 11.9 Å². The molecule has 0 rings (SSSR count). The van der Waals surface area contributed by atoms with Crippen molar-refractivity contribution >= 4 is 17.9 Å². The lowest BCUT2D eigenvalue weighted by atomic mass is 10.0. The molecule has 0 aromatic carbocycles. The molecular weight excluding hydrogens is 384 g/mol. The smallest absolute Gasteiger partial charge is 0.320 e. The van der Waals surface area contributed by atoms with Gasteiger partial charge in [-0.3, -0.25) is 15.0 Å². The molecule has 0 heterocycles. The zero-order valence-electron chi connectivity index (χ0n) is 19.0. The van der Waals surface area contributed by atoms with Crippen molar-refractivity contribution in [2.75, 3.05) is 6.54 Å². The topological polar surface area (TPSA) is 163 Å². The Morgan fingerprint density at radius 3 is 1.63 bits per heavy atom. The third-order valence-corrected chi connectivity index (χ3v) is 4.82. The maximum atomic E-state index is 10.3. The highest BCUT2D eigenvalue weighted by molar-refractivity contribution is 5.74. The Balaban J connectivity index is 0. The highest BCUT2D eigenvalue weighted by Gasteiger charge is 2.09. The van der Waals surface area contributed by atoms with Gasteiger partial charge in [-0.25, -0.2) is 0 Å². The summed E-state index contributed by atoms with van der Waals surface area (Å²) in [7, 11) is 0. The summed E-state index contributed by atoms with van der Waals surface area (Å²) in [6.07, 6.45) is 18.2. The molecular formula is C22H46N4O4. The molecule has 0 aliphatic carbocycles. The number of hydrogen-bond acceptors (Lipinski definition) is 4. The third-order valence-electron chi connectivity index (χ3n) is 4.82. The van der Waals surface area contributed by atoms with Gasteiger partial charge in [-0.05, 0) is 19.3 Å². The summed E-state index contributed by atoms with van der Waals surface area (Å²) in [5, 5.41) is 26.2. The zero-order valence-corrected chi connectivity index (χ0v) is 19.0. The number of hydrogen-bond donors (Lipinski definition) is 6. The van der Waals surface area contributed by atoms with E-state index in [0.29, 0.717) is 25.8 Å². The molecule has 8 N–H and O–H groups in total. The fourth-order valence-electron chi connectivity index (χ4n) is 2.96. The lowest BCUT2D eigenvalue weighted by molar-refractivity contribution is -0.139.